The highest BCUT2D eigenvalue weighted by Crippen LogP contribution is 2.34. The van der Waals surface area contributed by atoms with E-state index in [0.29, 0.717) is 16.5 Å². The number of ether oxygens (including phenoxy) is 1. The third-order valence-electron chi connectivity index (χ3n) is 3.99. The van der Waals surface area contributed by atoms with Crippen LogP contribution in [0.1, 0.15) is 26.3 Å². The van der Waals surface area contributed by atoms with Crippen LogP contribution in [0.15, 0.2) is 57.9 Å². The molecule has 0 atom stereocenters. The summed E-state index contributed by atoms with van der Waals surface area (Å²) in [5.41, 5.74) is 2.81. The Bertz CT molecular complexity index is 900. The van der Waals surface area contributed by atoms with E-state index in [2.05, 4.69) is 20.8 Å². The first-order valence-electron chi connectivity index (χ1n) is 7.61. The first kappa shape index (κ1) is 15.3. The van der Waals surface area contributed by atoms with E-state index >= 15 is 0 Å². The normalized spacial score (nSPS) is 11.7. The zero-order valence-electron chi connectivity index (χ0n) is 13.8. The molecular formula is C20H20O3. The van der Waals surface area contributed by atoms with Gasteiger partial charge >= 0.3 is 0 Å². The maximum absolute atomic E-state index is 12.9. The Kier molecular flexibility index (Phi) is 3.72. The molecule has 0 aliphatic rings. The van der Waals surface area contributed by atoms with Crippen LogP contribution in [-0.4, -0.2) is 7.11 Å². The van der Waals surface area contributed by atoms with E-state index in [9.17, 15) is 4.79 Å². The fraction of sp³-hybridized carbons (Fsp3) is 0.250. The molecule has 0 saturated carbocycles. The second kappa shape index (κ2) is 5.58. The zero-order chi connectivity index (χ0) is 16.6. The number of fused-ring (bicyclic) bond motifs is 1. The lowest BCUT2D eigenvalue weighted by atomic mass is 9.85. The highest BCUT2D eigenvalue weighted by Gasteiger charge is 2.21. The van der Waals surface area contributed by atoms with Gasteiger partial charge in [-0.1, -0.05) is 51.1 Å². The Morgan fingerprint density at radius 1 is 1.04 bits per heavy atom. The number of methoxy groups -OCH3 is 1. The first-order chi connectivity index (χ1) is 10.9. The number of hydrogen-bond acceptors (Lipinski definition) is 3. The lowest BCUT2D eigenvalue weighted by Gasteiger charge is -2.22. The second-order valence-corrected chi connectivity index (χ2v) is 6.64. The smallest absolute Gasteiger partial charge is 0.200 e. The van der Waals surface area contributed by atoms with Crippen LogP contribution in [0.5, 0.6) is 5.75 Å². The Labute approximate surface area is 135 Å². The minimum atomic E-state index is -0.130. The van der Waals surface area contributed by atoms with Crippen molar-refractivity contribution in [3.8, 4) is 16.9 Å². The second-order valence-electron chi connectivity index (χ2n) is 6.64. The minimum absolute atomic E-state index is 0.0226. The maximum Gasteiger partial charge on any atom is 0.200 e. The summed E-state index contributed by atoms with van der Waals surface area (Å²) in [7, 11) is 1.63. The van der Waals surface area contributed by atoms with E-state index in [1.807, 2.05) is 36.4 Å². The van der Waals surface area contributed by atoms with Crippen molar-refractivity contribution < 1.29 is 9.15 Å². The van der Waals surface area contributed by atoms with Crippen molar-refractivity contribution in [3.05, 3.63) is 64.5 Å². The van der Waals surface area contributed by atoms with Gasteiger partial charge in [0.2, 0.25) is 5.43 Å². The standard InChI is InChI=1S/C20H20O3/c1-20(2,3)16-10-14-17(11-18(16)22-4)23-12-15(19(14)21)13-8-6-5-7-9-13/h5-12H,1-4H3. The van der Waals surface area contributed by atoms with Gasteiger partial charge in [-0.3, -0.25) is 4.79 Å². The lowest BCUT2D eigenvalue weighted by molar-refractivity contribution is 0.397. The molecule has 0 aliphatic carbocycles. The van der Waals surface area contributed by atoms with Gasteiger partial charge in [0.1, 0.15) is 17.6 Å². The molecule has 118 valence electrons. The molecule has 0 bridgehead atoms. The molecule has 0 saturated heterocycles. The molecule has 3 rings (SSSR count). The van der Waals surface area contributed by atoms with Crippen molar-refractivity contribution in [3.63, 3.8) is 0 Å². The van der Waals surface area contributed by atoms with Crippen molar-refractivity contribution >= 4 is 11.0 Å². The van der Waals surface area contributed by atoms with E-state index in [1.165, 1.54) is 6.26 Å². The van der Waals surface area contributed by atoms with Crippen LogP contribution >= 0.6 is 0 Å². The molecule has 2 aromatic carbocycles. The van der Waals surface area contributed by atoms with Gasteiger partial charge in [0.05, 0.1) is 18.1 Å². The topological polar surface area (TPSA) is 39.4 Å². The molecule has 0 spiro atoms. The number of hydrogen-bond donors (Lipinski definition) is 0. The molecule has 0 amide bonds. The average molecular weight is 308 g/mol. The van der Waals surface area contributed by atoms with Crippen LogP contribution in [0.25, 0.3) is 22.1 Å². The minimum Gasteiger partial charge on any atom is -0.496 e. The fourth-order valence-electron chi connectivity index (χ4n) is 2.73. The molecule has 3 heteroatoms. The molecule has 1 heterocycles. The Hall–Kier alpha value is -2.55. The van der Waals surface area contributed by atoms with Gasteiger partial charge in [-0.2, -0.15) is 0 Å². The SMILES string of the molecule is COc1cc2occ(-c3ccccc3)c(=O)c2cc1C(C)(C)C. The van der Waals surface area contributed by atoms with Gasteiger partial charge in [0, 0.05) is 11.6 Å². The van der Waals surface area contributed by atoms with Crippen molar-refractivity contribution in [2.24, 2.45) is 0 Å². The Morgan fingerprint density at radius 3 is 2.35 bits per heavy atom. The van der Waals surface area contributed by atoms with Crippen LogP contribution in [0.3, 0.4) is 0 Å². The third-order valence-corrected chi connectivity index (χ3v) is 3.99. The molecule has 0 unspecified atom stereocenters. The van der Waals surface area contributed by atoms with Crippen LogP contribution in [0.2, 0.25) is 0 Å². The van der Waals surface area contributed by atoms with E-state index in [4.69, 9.17) is 9.15 Å². The molecule has 1 aromatic heterocycles. The van der Waals surface area contributed by atoms with Gasteiger partial charge in [-0.25, -0.2) is 0 Å². The van der Waals surface area contributed by atoms with Crippen LogP contribution in [0.4, 0.5) is 0 Å². The average Bonchev–Trinajstić information content (AvgIpc) is 2.54. The molecule has 0 N–H and O–H groups in total. The van der Waals surface area contributed by atoms with Crippen molar-refractivity contribution in [2.45, 2.75) is 26.2 Å². The van der Waals surface area contributed by atoms with Crippen LogP contribution in [-0.2, 0) is 5.41 Å². The summed E-state index contributed by atoms with van der Waals surface area (Å²) in [6.07, 6.45) is 1.52. The fourth-order valence-corrected chi connectivity index (χ4v) is 2.73. The Morgan fingerprint density at radius 2 is 1.74 bits per heavy atom. The van der Waals surface area contributed by atoms with Crippen molar-refractivity contribution in [2.75, 3.05) is 7.11 Å². The predicted octanol–water partition coefficient (Wildman–Crippen LogP) is 4.77. The third kappa shape index (κ3) is 2.74. The van der Waals surface area contributed by atoms with Gasteiger partial charge < -0.3 is 9.15 Å². The molecule has 0 fully saturated rings. The van der Waals surface area contributed by atoms with E-state index in [1.54, 1.807) is 13.2 Å². The molecular weight excluding hydrogens is 288 g/mol. The molecule has 0 aliphatic heterocycles. The van der Waals surface area contributed by atoms with Crippen molar-refractivity contribution in [1.29, 1.82) is 0 Å². The van der Waals surface area contributed by atoms with E-state index in [-0.39, 0.29) is 10.8 Å². The summed E-state index contributed by atoms with van der Waals surface area (Å²) < 4.78 is 11.2. The quantitative estimate of drug-likeness (QED) is 0.685. The van der Waals surface area contributed by atoms with Gasteiger partial charge in [-0.05, 0) is 17.0 Å². The maximum atomic E-state index is 12.9. The van der Waals surface area contributed by atoms with Gasteiger partial charge in [0.15, 0.2) is 0 Å². The lowest BCUT2D eigenvalue weighted by Crippen LogP contribution is -2.14. The summed E-state index contributed by atoms with van der Waals surface area (Å²) in [5.74, 6) is 0.737. The van der Waals surface area contributed by atoms with Gasteiger partial charge in [-0.15, -0.1) is 0 Å². The van der Waals surface area contributed by atoms with Crippen molar-refractivity contribution in [1.82, 2.24) is 0 Å². The molecule has 3 nitrogen and oxygen atoms in total. The predicted molar refractivity (Wildman–Crippen MR) is 93.2 cm³/mol. The summed E-state index contributed by atoms with van der Waals surface area (Å²) in [4.78, 5) is 12.9. The largest absolute Gasteiger partial charge is 0.496 e. The highest BCUT2D eigenvalue weighted by molar-refractivity contribution is 5.84. The molecule has 3 aromatic rings. The summed E-state index contributed by atoms with van der Waals surface area (Å²) in [5, 5.41) is 0.581. The summed E-state index contributed by atoms with van der Waals surface area (Å²) in [6, 6.07) is 13.3. The van der Waals surface area contributed by atoms with E-state index < -0.39 is 0 Å². The monoisotopic (exact) mass is 308 g/mol. The summed E-state index contributed by atoms with van der Waals surface area (Å²) >= 11 is 0. The van der Waals surface area contributed by atoms with Crippen LogP contribution in [0, 0.1) is 0 Å². The number of benzene rings is 2. The van der Waals surface area contributed by atoms with Gasteiger partial charge in [0.25, 0.3) is 0 Å². The van der Waals surface area contributed by atoms with Crippen LogP contribution < -0.4 is 10.2 Å². The zero-order valence-corrected chi connectivity index (χ0v) is 13.8. The molecule has 0 radical (unpaired) electrons. The first-order valence-corrected chi connectivity index (χ1v) is 7.61. The number of rotatable bonds is 2. The molecule has 23 heavy (non-hydrogen) atoms. The van der Waals surface area contributed by atoms with E-state index in [0.717, 1.165) is 16.9 Å². The highest BCUT2D eigenvalue weighted by atomic mass is 16.5. The summed E-state index contributed by atoms with van der Waals surface area (Å²) in [6.45, 7) is 6.29. The Balaban J connectivity index is 2.31.